The second-order valence-electron chi connectivity index (χ2n) is 5.78. The number of carbonyl (C=O) groups is 2. The molecule has 3 aromatic rings. The molecule has 0 spiro atoms. The summed E-state index contributed by atoms with van der Waals surface area (Å²) >= 11 is 1.22. The number of nitrogens with one attached hydrogen (secondary N) is 1. The van der Waals surface area contributed by atoms with E-state index in [0.717, 1.165) is 5.56 Å². The Labute approximate surface area is 165 Å². The molecule has 0 aliphatic rings. The van der Waals surface area contributed by atoms with Crippen LogP contribution in [0.15, 0.2) is 40.1 Å². The number of methoxy groups -OCH3 is 3. The van der Waals surface area contributed by atoms with Crippen LogP contribution in [0.2, 0.25) is 0 Å². The van der Waals surface area contributed by atoms with Crippen molar-refractivity contribution in [2.24, 2.45) is 0 Å². The van der Waals surface area contributed by atoms with Crippen molar-refractivity contribution in [1.29, 1.82) is 0 Å². The molecule has 0 aliphatic carbocycles. The highest BCUT2D eigenvalue weighted by Crippen LogP contribution is 2.39. The predicted molar refractivity (Wildman–Crippen MR) is 106 cm³/mol. The van der Waals surface area contributed by atoms with Gasteiger partial charge >= 0.3 is 5.97 Å². The van der Waals surface area contributed by atoms with Crippen LogP contribution in [-0.2, 0) is 4.74 Å². The Bertz CT molecular complexity index is 1020. The van der Waals surface area contributed by atoms with E-state index in [1.807, 2.05) is 0 Å². The molecular formula is C20H19NO6S. The Morgan fingerprint density at radius 1 is 1.04 bits per heavy atom. The van der Waals surface area contributed by atoms with Crippen molar-refractivity contribution in [2.75, 3.05) is 26.6 Å². The molecule has 1 aromatic carbocycles. The standard InChI is InChI=1S/C20H19NO6S/c1-11-5-7-15(27-11)18(22)21-19-17(20(23)26-4)13(10-28-19)12-6-8-14(24-2)16(9-12)25-3/h5-10H,1-4H3,(H,21,22). The Balaban J connectivity index is 2.01. The normalized spacial score (nSPS) is 10.4. The number of ether oxygens (including phenoxy) is 3. The first-order valence-electron chi connectivity index (χ1n) is 8.28. The zero-order valence-electron chi connectivity index (χ0n) is 15.8. The van der Waals surface area contributed by atoms with Crippen molar-refractivity contribution in [3.63, 3.8) is 0 Å². The molecule has 1 amide bonds. The zero-order valence-corrected chi connectivity index (χ0v) is 16.6. The lowest BCUT2D eigenvalue weighted by atomic mass is 10.0. The molecule has 0 unspecified atom stereocenters. The number of rotatable bonds is 6. The first-order chi connectivity index (χ1) is 13.5. The minimum atomic E-state index is -0.558. The fourth-order valence-electron chi connectivity index (χ4n) is 2.69. The van der Waals surface area contributed by atoms with Crippen LogP contribution in [0.3, 0.4) is 0 Å². The van der Waals surface area contributed by atoms with Gasteiger partial charge in [0.05, 0.1) is 21.3 Å². The van der Waals surface area contributed by atoms with E-state index in [1.54, 1.807) is 49.7 Å². The molecule has 0 radical (unpaired) electrons. The molecule has 8 heteroatoms. The summed E-state index contributed by atoms with van der Waals surface area (Å²) in [5.74, 6) is 0.877. The van der Waals surface area contributed by atoms with Gasteiger partial charge in [0.1, 0.15) is 16.3 Å². The van der Waals surface area contributed by atoms with Crippen LogP contribution in [0.5, 0.6) is 11.5 Å². The fraction of sp³-hybridized carbons (Fsp3) is 0.200. The Morgan fingerprint density at radius 3 is 2.39 bits per heavy atom. The molecule has 0 atom stereocenters. The number of hydrogen-bond acceptors (Lipinski definition) is 7. The molecule has 0 saturated carbocycles. The van der Waals surface area contributed by atoms with Crippen molar-refractivity contribution in [3.05, 3.63) is 52.8 Å². The molecule has 0 saturated heterocycles. The number of esters is 1. The van der Waals surface area contributed by atoms with Crippen LogP contribution in [0.1, 0.15) is 26.7 Å². The summed E-state index contributed by atoms with van der Waals surface area (Å²) in [6.07, 6.45) is 0. The van der Waals surface area contributed by atoms with Gasteiger partial charge in [0.15, 0.2) is 17.3 Å². The van der Waals surface area contributed by atoms with Crippen molar-refractivity contribution < 1.29 is 28.2 Å². The van der Waals surface area contributed by atoms with Crippen LogP contribution in [0.25, 0.3) is 11.1 Å². The summed E-state index contributed by atoms with van der Waals surface area (Å²) < 4.78 is 20.9. The van der Waals surface area contributed by atoms with E-state index >= 15 is 0 Å². The molecule has 1 N–H and O–H groups in total. The topological polar surface area (TPSA) is 87.0 Å². The fourth-order valence-corrected chi connectivity index (χ4v) is 3.64. The third-order valence-corrected chi connectivity index (χ3v) is 4.96. The molecule has 2 heterocycles. The quantitative estimate of drug-likeness (QED) is 0.617. The minimum Gasteiger partial charge on any atom is -0.493 e. The number of carbonyl (C=O) groups excluding carboxylic acids is 2. The summed E-state index contributed by atoms with van der Waals surface area (Å²) in [7, 11) is 4.37. The van der Waals surface area contributed by atoms with Gasteiger partial charge in [-0.05, 0) is 36.8 Å². The molecule has 7 nitrogen and oxygen atoms in total. The second-order valence-corrected chi connectivity index (χ2v) is 6.66. The van der Waals surface area contributed by atoms with Gasteiger partial charge in [0, 0.05) is 10.9 Å². The lowest BCUT2D eigenvalue weighted by Crippen LogP contribution is -2.13. The van der Waals surface area contributed by atoms with Gasteiger partial charge in [-0.2, -0.15) is 0 Å². The molecular weight excluding hydrogens is 382 g/mol. The maximum absolute atomic E-state index is 12.4. The number of thiophene rings is 1. The highest BCUT2D eigenvalue weighted by Gasteiger charge is 2.24. The minimum absolute atomic E-state index is 0.161. The van der Waals surface area contributed by atoms with Gasteiger partial charge < -0.3 is 23.9 Å². The first kappa shape index (κ1) is 19.5. The van der Waals surface area contributed by atoms with Crippen LogP contribution >= 0.6 is 11.3 Å². The summed E-state index contributed by atoms with van der Waals surface area (Å²) in [5.41, 5.74) is 1.60. The van der Waals surface area contributed by atoms with Gasteiger partial charge in [-0.3, -0.25) is 4.79 Å². The van der Waals surface area contributed by atoms with Gasteiger partial charge in [0.25, 0.3) is 5.91 Å². The highest BCUT2D eigenvalue weighted by atomic mass is 32.1. The van der Waals surface area contributed by atoms with Crippen molar-refractivity contribution in [2.45, 2.75) is 6.92 Å². The summed E-state index contributed by atoms with van der Waals surface area (Å²) in [6, 6.07) is 8.58. The molecule has 0 fully saturated rings. The second kappa shape index (κ2) is 8.18. The summed E-state index contributed by atoms with van der Waals surface area (Å²) in [6.45, 7) is 1.75. The molecule has 2 aromatic heterocycles. The van der Waals surface area contributed by atoms with Crippen molar-refractivity contribution >= 4 is 28.2 Å². The summed E-state index contributed by atoms with van der Waals surface area (Å²) in [4.78, 5) is 24.9. The molecule has 3 rings (SSSR count). The van der Waals surface area contributed by atoms with Crippen LogP contribution < -0.4 is 14.8 Å². The lowest BCUT2D eigenvalue weighted by Gasteiger charge is -2.10. The monoisotopic (exact) mass is 401 g/mol. The van der Waals surface area contributed by atoms with Crippen LogP contribution in [-0.4, -0.2) is 33.2 Å². The number of aryl methyl sites for hydroxylation is 1. The molecule has 28 heavy (non-hydrogen) atoms. The average Bonchev–Trinajstić information content (AvgIpc) is 3.33. The van der Waals surface area contributed by atoms with Crippen LogP contribution in [0, 0.1) is 6.92 Å². The van der Waals surface area contributed by atoms with E-state index in [2.05, 4.69) is 5.32 Å². The molecule has 0 bridgehead atoms. The SMILES string of the molecule is COC(=O)c1c(-c2ccc(OC)c(OC)c2)csc1NC(=O)c1ccc(C)o1. The Morgan fingerprint density at radius 2 is 1.79 bits per heavy atom. The van der Waals surface area contributed by atoms with E-state index in [-0.39, 0.29) is 11.3 Å². The predicted octanol–water partition coefficient (Wildman–Crippen LogP) is 4.37. The largest absolute Gasteiger partial charge is 0.493 e. The summed E-state index contributed by atoms with van der Waals surface area (Å²) in [5, 5.41) is 4.87. The third kappa shape index (κ3) is 3.72. The van der Waals surface area contributed by atoms with Crippen molar-refractivity contribution in [3.8, 4) is 22.6 Å². The number of furan rings is 1. The first-order valence-corrected chi connectivity index (χ1v) is 9.16. The van der Waals surface area contributed by atoms with Crippen molar-refractivity contribution in [1.82, 2.24) is 0 Å². The van der Waals surface area contributed by atoms with Gasteiger partial charge in [-0.25, -0.2) is 4.79 Å². The third-order valence-electron chi connectivity index (χ3n) is 4.07. The maximum atomic E-state index is 12.4. The number of hydrogen-bond donors (Lipinski definition) is 1. The van der Waals surface area contributed by atoms with Gasteiger partial charge in [-0.15, -0.1) is 11.3 Å². The van der Waals surface area contributed by atoms with Crippen LogP contribution in [0.4, 0.5) is 5.00 Å². The van der Waals surface area contributed by atoms with E-state index in [9.17, 15) is 9.59 Å². The number of amides is 1. The zero-order chi connectivity index (χ0) is 20.3. The Kier molecular flexibility index (Phi) is 5.70. The van der Waals surface area contributed by atoms with E-state index in [4.69, 9.17) is 18.6 Å². The average molecular weight is 401 g/mol. The van der Waals surface area contributed by atoms with Gasteiger partial charge in [0.2, 0.25) is 0 Å². The molecule has 0 aliphatic heterocycles. The van der Waals surface area contributed by atoms with E-state index in [0.29, 0.717) is 27.8 Å². The maximum Gasteiger partial charge on any atom is 0.341 e. The number of benzene rings is 1. The lowest BCUT2D eigenvalue weighted by molar-refractivity contribution is 0.0603. The number of anilines is 1. The van der Waals surface area contributed by atoms with E-state index in [1.165, 1.54) is 25.6 Å². The van der Waals surface area contributed by atoms with Gasteiger partial charge in [-0.1, -0.05) is 6.07 Å². The smallest absolute Gasteiger partial charge is 0.341 e. The Hall–Kier alpha value is -3.26. The van der Waals surface area contributed by atoms with E-state index < -0.39 is 11.9 Å². The molecule has 146 valence electrons. The highest BCUT2D eigenvalue weighted by molar-refractivity contribution is 7.15.